The highest BCUT2D eigenvalue weighted by molar-refractivity contribution is 5.90. The lowest BCUT2D eigenvalue weighted by Crippen LogP contribution is -2.18. The zero-order valence-electron chi connectivity index (χ0n) is 14.2. The van der Waals surface area contributed by atoms with Gasteiger partial charge in [0.2, 0.25) is 0 Å². The summed E-state index contributed by atoms with van der Waals surface area (Å²) < 4.78 is 10.6. The van der Waals surface area contributed by atoms with E-state index in [1.54, 1.807) is 31.2 Å². The largest absolute Gasteiger partial charge is 0.462 e. The fraction of sp³-hybridized carbons (Fsp3) is 0.300. The molecule has 0 amide bonds. The van der Waals surface area contributed by atoms with Gasteiger partial charge in [0.1, 0.15) is 6.10 Å². The second-order valence-electron chi connectivity index (χ2n) is 5.88. The molecule has 0 fully saturated rings. The maximum atomic E-state index is 12.0. The zero-order valence-corrected chi connectivity index (χ0v) is 14.2. The molecule has 0 aliphatic carbocycles. The number of benzene rings is 2. The van der Waals surface area contributed by atoms with Crippen molar-refractivity contribution in [3.63, 3.8) is 0 Å². The van der Waals surface area contributed by atoms with Gasteiger partial charge in [-0.05, 0) is 45.0 Å². The summed E-state index contributed by atoms with van der Waals surface area (Å²) in [5.74, 6) is -0.730. The summed E-state index contributed by atoms with van der Waals surface area (Å²) >= 11 is 0. The average Bonchev–Trinajstić information content (AvgIpc) is 2.54. The van der Waals surface area contributed by atoms with Crippen molar-refractivity contribution < 1.29 is 19.1 Å². The minimum atomic E-state index is -0.365. The van der Waals surface area contributed by atoms with Crippen LogP contribution in [0.5, 0.6) is 0 Å². The minimum Gasteiger partial charge on any atom is -0.462 e. The predicted octanol–water partition coefficient (Wildman–Crippen LogP) is 4.10. The Morgan fingerprint density at radius 2 is 1.46 bits per heavy atom. The van der Waals surface area contributed by atoms with Crippen LogP contribution in [0.4, 0.5) is 0 Å². The second kappa shape index (κ2) is 8.29. The van der Waals surface area contributed by atoms with E-state index in [2.05, 4.69) is 0 Å². The Labute approximate surface area is 142 Å². The van der Waals surface area contributed by atoms with E-state index >= 15 is 0 Å². The average molecular weight is 326 g/mol. The number of esters is 2. The first kappa shape index (κ1) is 17.7. The molecule has 0 aromatic heterocycles. The van der Waals surface area contributed by atoms with Crippen molar-refractivity contribution >= 4 is 11.9 Å². The van der Waals surface area contributed by atoms with Gasteiger partial charge in [-0.25, -0.2) is 9.59 Å². The number of carbonyl (C=O) groups is 2. The van der Waals surface area contributed by atoms with Crippen LogP contribution in [0.1, 0.15) is 45.2 Å². The third-order valence-corrected chi connectivity index (χ3v) is 3.57. The van der Waals surface area contributed by atoms with E-state index in [4.69, 9.17) is 9.47 Å². The second-order valence-corrected chi connectivity index (χ2v) is 5.88. The summed E-state index contributed by atoms with van der Waals surface area (Å²) in [6.45, 7) is 5.83. The number of rotatable bonds is 6. The molecule has 0 N–H and O–H groups in total. The van der Waals surface area contributed by atoms with Crippen LogP contribution < -0.4 is 0 Å². The van der Waals surface area contributed by atoms with Gasteiger partial charge in [-0.2, -0.15) is 0 Å². The standard InChI is InChI=1S/C20H22O4/c1-14-6-4-8-17(12-14)19(21)23-11-10-16(3)24-20(22)18-9-5-7-15(2)13-18/h4-9,12-13,16H,10-11H2,1-3H3. The van der Waals surface area contributed by atoms with Gasteiger partial charge in [-0.3, -0.25) is 0 Å². The maximum absolute atomic E-state index is 12.0. The number of hydrogen-bond acceptors (Lipinski definition) is 4. The lowest BCUT2D eigenvalue weighted by molar-refractivity contribution is 0.0228. The topological polar surface area (TPSA) is 52.6 Å². The summed E-state index contributed by atoms with van der Waals surface area (Å²) in [6, 6.07) is 14.5. The predicted molar refractivity (Wildman–Crippen MR) is 92.1 cm³/mol. The van der Waals surface area contributed by atoms with Gasteiger partial charge < -0.3 is 9.47 Å². The fourth-order valence-corrected chi connectivity index (χ4v) is 2.25. The van der Waals surface area contributed by atoms with Crippen LogP contribution >= 0.6 is 0 Å². The van der Waals surface area contributed by atoms with E-state index < -0.39 is 0 Å². The molecule has 0 saturated carbocycles. The smallest absolute Gasteiger partial charge is 0.338 e. The van der Waals surface area contributed by atoms with E-state index in [0.29, 0.717) is 17.5 Å². The Balaban J connectivity index is 1.78. The first-order chi connectivity index (χ1) is 11.5. The van der Waals surface area contributed by atoms with Crippen LogP contribution in [0.15, 0.2) is 48.5 Å². The normalized spacial score (nSPS) is 11.6. The Kier molecular flexibility index (Phi) is 6.13. The highest BCUT2D eigenvalue weighted by Crippen LogP contribution is 2.10. The van der Waals surface area contributed by atoms with Gasteiger partial charge in [-0.15, -0.1) is 0 Å². The van der Waals surface area contributed by atoms with Crippen molar-refractivity contribution in [1.29, 1.82) is 0 Å². The van der Waals surface area contributed by atoms with E-state index in [1.165, 1.54) is 0 Å². The Bertz CT molecular complexity index is 721. The number of aryl methyl sites for hydroxylation is 2. The highest BCUT2D eigenvalue weighted by Gasteiger charge is 2.13. The van der Waals surface area contributed by atoms with Gasteiger partial charge in [0.05, 0.1) is 17.7 Å². The van der Waals surface area contributed by atoms with Gasteiger partial charge >= 0.3 is 11.9 Å². The fourth-order valence-electron chi connectivity index (χ4n) is 2.25. The van der Waals surface area contributed by atoms with Crippen LogP contribution in [-0.2, 0) is 9.47 Å². The molecule has 0 radical (unpaired) electrons. The maximum Gasteiger partial charge on any atom is 0.338 e. The molecule has 4 nitrogen and oxygen atoms in total. The molecule has 0 saturated heterocycles. The Morgan fingerprint density at radius 1 is 0.917 bits per heavy atom. The lowest BCUT2D eigenvalue weighted by atomic mass is 10.1. The molecule has 2 aromatic rings. The minimum absolute atomic E-state index is 0.203. The van der Waals surface area contributed by atoms with Crippen LogP contribution in [0, 0.1) is 13.8 Å². The third-order valence-electron chi connectivity index (χ3n) is 3.57. The van der Waals surface area contributed by atoms with Crippen molar-refractivity contribution in [2.75, 3.05) is 6.61 Å². The summed E-state index contributed by atoms with van der Waals surface area (Å²) in [5.41, 5.74) is 3.06. The quantitative estimate of drug-likeness (QED) is 0.750. The van der Waals surface area contributed by atoms with E-state index in [0.717, 1.165) is 11.1 Å². The molecule has 1 atom stereocenters. The molecule has 0 heterocycles. The molecule has 2 aromatic carbocycles. The molecule has 0 aliphatic heterocycles. The summed E-state index contributed by atoms with van der Waals surface area (Å²) in [6.07, 6.45) is 0.123. The van der Waals surface area contributed by atoms with E-state index in [-0.39, 0.29) is 24.6 Å². The molecule has 0 bridgehead atoms. The summed E-state index contributed by atoms with van der Waals surface area (Å²) in [7, 11) is 0. The van der Waals surface area contributed by atoms with Crippen molar-refractivity contribution in [3.05, 3.63) is 70.8 Å². The van der Waals surface area contributed by atoms with Crippen LogP contribution in [0.25, 0.3) is 0 Å². The number of ether oxygens (including phenoxy) is 2. The molecular weight excluding hydrogens is 304 g/mol. The van der Waals surface area contributed by atoms with Crippen LogP contribution in [-0.4, -0.2) is 24.6 Å². The van der Waals surface area contributed by atoms with Gasteiger partial charge in [0.15, 0.2) is 0 Å². The van der Waals surface area contributed by atoms with Crippen LogP contribution in [0.3, 0.4) is 0 Å². The van der Waals surface area contributed by atoms with Crippen molar-refractivity contribution in [1.82, 2.24) is 0 Å². The molecule has 2 rings (SSSR count). The van der Waals surface area contributed by atoms with Crippen molar-refractivity contribution in [3.8, 4) is 0 Å². The Hall–Kier alpha value is -2.62. The first-order valence-electron chi connectivity index (χ1n) is 7.97. The molecular formula is C20H22O4. The van der Waals surface area contributed by atoms with Crippen molar-refractivity contribution in [2.24, 2.45) is 0 Å². The third kappa shape index (κ3) is 5.23. The summed E-state index contributed by atoms with van der Waals surface area (Å²) in [5, 5.41) is 0. The van der Waals surface area contributed by atoms with Gasteiger partial charge in [-0.1, -0.05) is 35.4 Å². The van der Waals surface area contributed by atoms with Crippen molar-refractivity contribution in [2.45, 2.75) is 33.3 Å². The molecule has 0 aliphatic rings. The molecule has 126 valence electrons. The lowest BCUT2D eigenvalue weighted by Gasteiger charge is -2.13. The zero-order chi connectivity index (χ0) is 17.5. The SMILES string of the molecule is Cc1cccc(C(=O)OCCC(C)OC(=O)c2cccc(C)c2)c1. The number of carbonyl (C=O) groups excluding carboxylic acids is 2. The monoisotopic (exact) mass is 326 g/mol. The molecule has 24 heavy (non-hydrogen) atoms. The molecule has 0 spiro atoms. The summed E-state index contributed by atoms with van der Waals surface area (Å²) in [4.78, 5) is 24.0. The van der Waals surface area contributed by atoms with Crippen LogP contribution in [0.2, 0.25) is 0 Å². The first-order valence-corrected chi connectivity index (χ1v) is 7.97. The van der Waals surface area contributed by atoms with Gasteiger partial charge in [0, 0.05) is 6.42 Å². The Morgan fingerprint density at radius 3 is 2.00 bits per heavy atom. The highest BCUT2D eigenvalue weighted by atomic mass is 16.6. The van der Waals surface area contributed by atoms with E-state index in [9.17, 15) is 9.59 Å². The molecule has 4 heteroatoms. The number of hydrogen-bond donors (Lipinski definition) is 0. The van der Waals surface area contributed by atoms with Gasteiger partial charge in [0.25, 0.3) is 0 Å². The van der Waals surface area contributed by atoms with E-state index in [1.807, 2.05) is 38.1 Å². The molecule has 1 unspecified atom stereocenters.